The predicted molar refractivity (Wildman–Crippen MR) is 167 cm³/mol. The van der Waals surface area contributed by atoms with E-state index >= 15 is 0 Å². The SMILES string of the molecule is Cc1ccc(C#Cc2ccc3cc(CC(C)C(=O)OCC4C/C(=C\CC(CC(C)C)CC(C)C)C(=O)O4)oc3c2)cc1. The first-order valence-corrected chi connectivity index (χ1v) is 15.2. The predicted octanol–water partition coefficient (Wildman–Crippen LogP) is 8.20. The Morgan fingerprint density at radius 2 is 1.64 bits per heavy atom. The molecule has 3 aromatic rings. The molecule has 0 N–H and O–H groups in total. The van der Waals surface area contributed by atoms with E-state index in [1.807, 2.05) is 61.5 Å². The van der Waals surface area contributed by atoms with E-state index in [0.717, 1.165) is 41.4 Å². The first-order valence-electron chi connectivity index (χ1n) is 15.2. The summed E-state index contributed by atoms with van der Waals surface area (Å²) >= 11 is 0. The molecule has 4 rings (SSSR count). The average Bonchev–Trinajstić information content (AvgIpc) is 3.50. The van der Waals surface area contributed by atoms with Crippen molar-refractivity contribution in [3.05, 3.63) is 82.6 Å². The van der Waals surface area contributed by atoms with Crippen LogP contribution in [0.3, 0.4) is 0 Å². The van der Waals surface area contributed by atoms with Gasteiger partial charge in [-0.2, -0.15) is 0 Å². The minimum atomic E-state index is -0.431. The monoisotopic (exact) mass is 568 g/mol. The van der Waals surface area contributed by atoms with Crippen LogP contribution >= 0.6 is 0 Å². The van der Waals surface area contributed by atoms with Gasteiger partial charge in [-0.1, -0.05) is 70.2 Å². The molecule has 0 bridgehead atoms. The minimum absolute atomic E-state index is 0.0663. The van der Waals surface area contributed by atoms with E-state index < -0.39 is 12.0 Å². The maximum atomic E-state index is 12.8. The number of carbonyl (C=O) groups excluding carboxylic acids is 2. The lowest BCUT2D eigenvalue weighted by Crippen LogP contribution is -2.23. The van der Waals surface area contributed by atoms with Gasteiger partial charge in [0.2, 0.25) is 0 Å². The number of hydrogen-bond acceptors (Lipinski definition) is 5. The van der Waals surface area contributed by atoms with Gasteiger partial charge in [-0.25, -0.2) is 4.79 Å². The van der Waals surface area contributed by atoms with Crippen LogP contribution in [0.5, 0.6) is 0 Å². The van der Waals surface area contributed by atoms with Crippen LogP contribution in [-0.4, -0.2) is 24.6 Å². The molecule has 1 aliphatic rings. The first-order chi connectivity index (χ1) is 20.0. The highest BCUT2D eigenvalue weighted by molar-refractivity contribution is 5.90. The smallest absolute Gasteiger partial charge is 0.334 e. The van der Waals surface area contributed by atoms with Gasteiger partial charge in [0.15, 0.2) is 0 Å². The number of furan rings is 1. The number of rotatable bonds is 11. The van der Waals surface area contributed by atoms with Crippen LogP contribution < -0.4 is 0 Å². The summed E-state index contributed by atoms with van der Waals surface area (Å²) in [5.74, 6) is 7.88. The topological polar surface area (TPSA) is 65.7 Å². The zero-order valence-electron chi connectivity index (χ0n) is 25.9. The molecule has 0 saturated carbocycles. The van der Waals surface area contributed by atoms with Crippen molar-refractivity contribution in [2.24, 2.45) is 23.7 Å². The van der Waals surface area contributed by atoms with Crippen LogP contribution in [-0.2, 0) is 25.5 Å². The summed E-state index contributed by atoms with van der Waals surface area (Å²) in [6.45, 7) is 12.9. The summed E-state index contributed by atoms with van der Waals surface area (Å²) in [6.07, 6.45) is 5.68. The standard InChI is InChI=1S/C37H44O5/c1-24(2)17-30(18-25(3)4)14-16-32-22-34(42-37(32)39)23-40-36(38)27(6)19-33-21-31-15-13-29(20-35(31)41-33)12-11-28-9-7-26(5)8-10-28/h7-10,13,15-16,20-21,24-25,27,30,34H,14,17-19,22-23H2,1-6H3/b32-16+. The van der Waals surface area contributed by atoms with Gasteiger partial charge >= 0.3 is 11.9 Å². The highest BCUT2D eigenvalue weighted by atomic mass is 16.6. The molecule has 5 heteroatoms. The molecule has 0 radical (unpaired) electrons. The van der Waals surface area contributed by atoms with E-state index in [2.05, 4.69) is 46.5 Å². The third-order valence-corrected chi connectivity index (χ3v) is 7.59. The van der Waals surface area contributed by atoms with Gasteiger partial charge in [0.05, 0.1) is 5.92 Å². The summed E-state index contributed by atoms with van der Waals surface area (Å²) in [7, 11) is 0. The van der Waals surface area contributed by atoms with Gasteiger partial charge in [0, 0.05) is 34.9 Å². The second kappa shape index (κ2) is 14.4. The first kappa shape index (κ1) is 31.2. The molecule has 0 aliphatic carbocycles. The van der Waals surface area contributed by atoms with Crippen molar-refractivity contribution in [3.8, 4) is 11.8 Å². The largest absolute Gasteiger partial charge is 0.462 e. The lowest BCUT2D eigenvalue weighted by atomic mass is 9.86. The molecule has 1 fully saturated rings. The van der Waals surface area contributed by atoms with Crippen molar-refractivity contribution in [2.45, 2.75) is 79.8 Å². The summed E-state index contributed by atoms with van der Waals surface area (Å²) in [6, 6.07) is 16.0. The summed E-state index contributed by atoms with van der Waals surface area (Å²) in [4.78, 5) is 25.2. The van der Waals surface area contributed by atoms with E-state index in [-0.39, 0.29) is 18.5 Å². The van der Waals surface area contributed by atoms with Crippen molar-refractivity contribution < 1.29 is 23.5 Å². The molecule has 1 aromatic heterocycles. The van der Waals surface area contributed by atoms with Gasteiger partial charge in [0.25, 0.3) is 0 Å². The van der Waals surface area contributed by atoms with E-state index in [1.54, 1.807) is 0 Å². The molecule has 2 atom stereocenters. The van der Waals surface area contributed by atoms with Gasteiger partial charge in [-0.3, -0.25) is 4.79 Å². The number of benzene rings is 2. The van der Waals surface area contributed by atoms with Crippen LogP contribution in [0.15, 0.2) is 64.6 Å². The van der Waals surface area contributed by atoms with Gasteiger partial charge in [0.1, 0.15) is 24.1 Å². The van der Waals surface area contributed by atoms with E-state index in [9.17, 15) is 9.59 Å². The van der Waals surface area contributed by atoms with Crippen LogP contribution in [0.1, 0.15) is 82.8 Å². The number of allylic oxidation sites excluding steroid dienone is 1. The Morgan fingerprint density at radius 1 is 0.976 bits per heavy atom. The summed E-state index contributed by atoms with van der Waals surface area (Å²) < 4.78 is 17.1. The molecule has 1 aliphatic heterocycles. The second-order valence-corrected chi connectivity index (χ2v) is 12.6. The Balaban J connectivity index is 1.28. The third kappa shape index (κ3) is 9.11. The molecule has 2 aromatic carbocycles. The van der Waals surface area contributed by atoms with Crippen LogP contribution in [0.4, 0.5) is 0 Å². The zero-order valence-corrected chi connectivity index (χ0v) is 25.9. The van der Waals surface area contributed by atoms with E-state index in [1.165, 1.54) is 5.56 Å². The number of hydrogen-bond donors (Lipinski definition) is 0. The number of ether oxygens (including phenoxy) is 2. The molecule has 0 spiro atoms. The fourth-order valence-electron chi connectivity index (χ4n) is 5.54. The number of esters is 2. The summed E-state index contributed by atoms with van der Waals surface area (Å²) in [5.41, 5.74) is 4.47. The van der Waals surface area contributed by atoms with Gasteiger partial charge < -0.3 is 13.9 Å². The lowest BCUT2D eigenvalue weighted by Gasteiger charge is -2.19. The number of cyclic esters (lactones) is 1. The third-order valence-electron chi connectivity index (χ3n) is 7.59. The molecule has 222 valence electrons. The molecular formula is C37H44O5. The lowest BCUT2D eigenvalue weighted by molar-refractivity contribution is -0.155. The fraction of sp³-hybridized carbons (Fsp3) is 0.459. The molecule has 1 saturated heterocycles. The highest BCUT2D eigenvalue weighted by Gasteiger charge is 2.30. The van der Waals surface area contributed by atoms with Gasteiger partial charge in [-0.15, -0.1) is 0 Å². The molecule has 2 heterocycles. The Kier molecular flexibility index (Phi) is 10.7. The average molecular weight is 569 g/mol. The number of carbonyl (C=O) groups is 2. The van der Waals surface area contributed by atoms with Crippen molar-refractivity contribution in [1.29, 1.82) is 0 Å². The van der Waals surface area contributed by atoms with Crippen LogP contribution in [0, 0.1) is 42.4 Å². The van der Waals surface area contributed by atoms with Crippen molar-refractivity contribution in [1.82, 2.24) is 0 Å². The number of aryl methyl sites for hydroxylation is 1. The number of fused-ring (bicyclic) bond motifs is 1. The summed E-state index contributed by atoms with van der Waals surface area (Å²) in [5, 5.41) is 0.965. The molecule has 0 amide bonds. The molecular weight excluding hydrogens is 524 g/mol. The van der Waals surface area contributed by atoms with Crippen molar-refractivity contribution in [2.75, 3.05) is 6.61 Å². The maximum Gasteiger partial charge on any atom is 0.334 e. The Hall–Kier alpha value is -3.78. The van der Waals surface area contributed by atoms with Crippen LogP contribution in [0.2, 0.25) is 0 Å². The van der Waals surface area contributed by atoms with E-state index in [0.29, 0.717) is 41.9 Å². The zero-order chi connectivity index (χ0) is 30.2. The van der Waals surface area contributed by atoms with Gasteiger partial charge in [-0.05, 0) is 80.3 Å². The quantitative estimate of drug-likeness (QED) is 0.132. The normalized spacial score (nSPS) is 16.7. The van der Waals surface area contributed by atoms with Crippen LogP contribution in [0.25, 0.3) is 11.0 Å². The molecule has 2 unspecified atom stereocenters. The van der Waals surface area contributed by atoms with Crippen molar-refractivity contribution >= 4 is 22.9 Å². The Bertz CT molecular complexity index is 1450. The molecule has 5 nitrogen and oxygen atoms in total. The second-order valence-electron chi connectivity index (χ2n) is 12.6. The minimum Gasteiger partial charge on any atom is -0.462 e. The molecule has 42 heavy (non-hydrogen) atoms. The fourth-order valence-corrected chi connectivity index (χ4v) is 5.54. The Labute approximate surface area is 250 Å². The Morgan fingerprint density at radius 3 is 2.33 bits per heavy atom. The maximum absolute atomic E-state index is 12.8. The van der Waals surface area contributed by atoms with E-state index in [4.69, 9.17) is 13.9 Å². The highest BCUT2D eigenvalue weighted by Crippen LogP contribution is 2.28. The van der Waals surface area contributed by atoms with Crippen molar-refractivity contribution in [3.63, 3.8) is 0 Å².